The van der Waals surface area contributed by atoms with Gasteiger partial charge in [0.05, 0.1) is 16.7 Å². The van der Waals surface area contributed by atoms with Crippen molar-refractivity contribution in [3.05, 3.63) is 22.4 Å². The van der Waals surface area contributed by atoms with Crippen molar-refractivity contribution in [2.24, 2.45) is 0 Å². The van der Waals surface area contributed by atoms with E-state index < -0.39 is 21.7 Å². The number of amides is 1. The standard InChI is InChI=1S/C12H17BrFN3O3S/c1-3-4-17(7-12(18)16-2)21(19,20)11-5-8(13)9(14)6-10(11)15/h5-6H,3-4,7,15H2,1-2H3,(H,16,18). The van der Waals surface area contributed by atoms with Gasteiger partial charge in [-0.2, -0.15) is 4.31 Å². The molecule has 0 saturated carbocycles. The second-order valence-electron chi connectivity index (χ2n) is 4.32. The molecule has 0 bridgehead atoms. The molecule has 0 unspecified atom stereocenters. The summed E-state index contributed by atoms with van der Waals surface area (Å²) < 4.78 is 39.5. The minimum Gasteiger partial charge on any atom is -0.398 e. The normalized spacial score (nSPS) is 11.7. The number of rotatable bonds is 6. The van der Waals surface area contributed by atoms with E-state index >= 15 is 0 Å². The lowest BCUT2D eigenvalue weighted by Gasteiger charge is -2.21. The third-order valence-corrected chi connectivity index (χ3v) is 5.25. The Hall–Kier alpha value is -1.19. The first-order chi connectivity index (χ1) is 9.73. The molecule has 9 heteroatoms. The van der Waals surface area contributed by atoms with Crippen molar-refractivity contribution in [2.75, 3.05) is 25.9 Å². The first kappa shape index (κ1) is 17.9. The lowest BCUT2D eigenvalue weighted by molar-refractivity contribution is -0.120. The Bertz CT molecular complexity index is 637. The topological polar surface area (TPSA) is 92.5 Å². The summed E-state index contributed by atoms with van der Waals surface area (Å²) >= 11 is 2.93. The van der Waals surface area contributed by atoms with E-state index in [1.165, 1.54) is 7.05 Å². The molecule has 0 spiro atoms. The highest BCUT2D eigenvalue weighted by atomic mass is 79.9. The molecule has 0 saturated heterocycles. The maximum Gasteiger partial charge on any atom is 0.245 e. The number of nitrogens with one attached hydrogen (secondary N) is 1. The summed E-state index contributed by atoms with van der Waals surface area (Å²) in [6, 6.07) is 2.04. The Morgan fingerprint density at radius 2 is 2.10 bits per heavy atom. The Labute approximate surface area is 131 Å². The number of likely N-dealkylation sites (N-methyl/N-ethyl adjacent to an activating group) is 1. The molecule has 6 nitrogen and oxygen atoms in total. The zero-order valence-corrected chi connectivity index (χ0v) is 14.1. The number of carbonyl (C=O) groups is 1. The first-order valence-corrected chi connectivity index (χ1v) is 8.42. The fourth-order valence-electron chi connectivity index (χ4n) is 1.68. The molecule has 0 aromatic heterocycles. The Morgan fingerprint density at radius 1 is 1.48 bits per heavy atom. The summed E-state index contributed by atoms with van der Waals surface area (Å²) in [7, 11) is -2.57. The van der Waals surface area contributed by atoms with E-state index in [-0.39, 0.29) is 28.1 Å². The number of hydrogen-bond acceptors (Lipinski definition) is 4. The number of sulfonamides is 1. The van der Waals surface area contributed by atoms with Crippen LogP contribution in [0, 0.1) is 5.82 Å². The molecule has 118 valence electrons. The number of carbonyl (C=O) groups excluding carboxylic acids is 1. The Balaban J connectivity index is 3.28. The molecule has 0 aliphatic carbocycles. The number of anilines is 1. The van der Waals surface area contributed by atoms with Gasteiger partial charge >= 0.3 is 0 Å². The van der Waals surface area contributed by atoms with E-state index in [0.717, 1.165) is 16.4 Å². The van der Waals surface area contributed by atoms with Gasteiger partial charge in [0.25, 0.3) is 0 Å². The third kappa shape index (κ3) is 4.14. The highest BCUT2D eigenvalue weighted by Gasteiger charge is 2.28. The molecule has 0 atom stereocenters. The average Bonchev–Trinajstić information content (AvgIpc) is 2.41. The van der Waals surface area contributed by atoms with Gasteiger partial charge < -0.3 is 11.1 Å². The second-order valence-corrected chi connectivity index (χ2v) is 7.08. The molecule has 0 aliphatic rings. The van der Waals surface area contributed by atoms with Crippen LogP contribution in [0.1, 0.15) is 13.3 Å². The van der Waals surface area contributed by atoms with E-state index in [1.54, 1.807) is 6.92 Å². The number of benzene rings is 1. The van der Waals surface area contributed by atoms with Crippen LogP contribution in [0.2, 0.25) is 0 Å². The van der Waals surface area contributed by atoms with E-state index in [4.69, 9.17) is 5.73 Å². The average molecular weight is 382 g/mol. The monoisotopic (exact) mass is 381 g/mol. The molecule has 1 aromatic carbocycles. The fraction of sp³-hybridized carbons (Fsp3) is 0.417. The van der Waals surface area contributed by atoms with Gasteiger partial charge in [0.2, 0.25) is 15.9 Å². The zero-order valence-electron chi connectivity index (χ0n) is 11.7. The number of halogens is 2. The Kier molecular flexibility index (Phi) is 6.11. The van der Waals surface area contributed by atoms with E-state index in [0.29, 0.717) is 6.42 Å². The van der Waals surface area contributed by atoms with Crippen LogP contribution in [0.15, 0.2) is 21.5 Å². The van der Waals surface area contributed by atoms with Crippen molar-refractivity contribution in [1.82, 2.24) is 9.62 Å². The second kappa shape index (κ2) is 7.19. The molecule has 0 heterocycles. The van der Waals surface area contributed by atoms with Gasteiger partial charge in [0.1, 0.15) is 10.7 Å². The van der Waals surface area contributed by atoms with E-state index in [2.05, 4.69) is 21.2 Å². The Morgan fingerprint density at radius 3 is 2.62 bits per heavy atom. The minimum atomic E-state index is -3.99. The summed E-state index contributed by atoms with van der Waals surface area (Å²) in [5.74, 6) is -1.09. The van der Waals surface area contributed by atoms with E-state index in [9.17, 15) is 17.6 Å². The summed E-state index contributed by atoms with van der Waals surface area (Å²) in [6.07, 6.45) is 0.526. The van der Waals surface area contributed by atoms with Crippen LogP contribution in [0.4, 0.5) is 10.1 Å². The predicted octanol–water partition coefficient (Wildman–Crippen LogP) is 1.32. The zero-order chi connectivity index (χ0) is 16.2. The SMILES string of the molecule is CCCN(CC(=O)NC)S(=O)(=O)c1cc(Br)c(F)cc1N. The van der Waals surface area contributed by atoms with Crippen LogP contribution in [-0.2, 0) is 14.8 Å². The minimum absolute atomic E-state index is 0.00772. The van der Waals surface area contributed by atoms with Crippen molar-refractivity contribution in [2.45, 2.75) is 18.2 Å². The fourth-order valence-corrected chi connectivity index (χ4v) is 3.79. The van der Waals surface area contributed by atoms with Crippen LogP contribution in [0.3, 0.4) is 0 Å². The van der Waals surface area contributed by atoms with Crippen molar-refractivity contribution >= 4 is 37.5 Å². The molecule has 21 heavy (non-hydrogen) atoms. The maximum absolute atomic E-state index is 13.4. The highest BCUT2D eigenvalue weighted by molar-refractivity contribution is 9.10. The summed E-state index contributed by atoms with van der Waals surface area (Å²) in [4.78, 5) is 11.2. The van der Waals surface area contributed by atoms with Gasteiger partial charge in [-0.05, 0) is 34.5 Å². The molecule has 1 rings (SSSR count). The number of nitrogens with two attached hydrogens (primary N) is 1. The van der Waals surface area contributed by atoms with Gasteiger partial charge in [-0.1, -0.05) is 6.92 Å². The van der Waals surface area contributed by atoms with Crippen LogP contribution < -0.4 is 11.1 Å². The molecular formula is C12H17BrFN3O3S. The summed E-state index contributed by atoms with van der Waals surface area (Å²) in [5, 5.41) is 2.37. The smallest absolute Gasteiger partial charge is 0.245 e. The number of nitrogens with zero attached hydrogens (tertiary/aromatic N) is 1. The van der Waals surface area contributed by atoms with Crippen molar-refractivity contribution in [3.63, 3.8) is 0 Å². The van der Waals surface area contributed by atoms with Crippen molar-refractivity contribution in [1.29, 1.82) is 0 Å². The molecule has 1 aromatic rings. The largest absolute Gasteiger partial charge is 0.398 e. The predicted molar refractivity (Wildman–Crippen MR) is 81.6 cm³/mol. The van der Waals surface area contributed by atoms with Gasteiger partial charge in [-0.3, -0.25) is 4.79 Å². The van der Waals surface area contributed by atoms with Gasteiger partial charge in [0, 0.05) is 13.6 Å². The molecule has 0 radical (unpaired) electrons. The quantitative estimate of drug-likeness (QED) is 0.726. The van der Waals surface area contributed by atoms with Crippen LogP contribution in [0.5, 0.6) is 0 Å². The molecule has 0 fully saturated rings. The third-order valence-electron chi connectivity index (χ3n) is 2.74. The van der Waals surface area contributed by atoms with Gasteiger partial charge in [0.15, 0.2) is 0 Å². The van der Waals surface area contributed by atoms with Crippen LogP contribution >= 0.6 is 15.9 Å². The number of hydrogen-bond donors (Lipinski definition) is 2. The molecular weight excluding hydrogens is 365 g/mol. The lowest BCUT2D eigenvalue weighted by atomic mass is 10.3. The number of nitrogen functional groups attached to an aromatic ring is 1. The van der Waals surface area contributed by atoms with Gasteiger partial charge in [-0.15, -0.1) is 0 Å². The summed E-state index contributed by atoms with van der Waals surface area (Å²) in [5.41, 5.74) is 5.41. The molecule has 0 aliphatic heterocycles. The first-order valence-electron chi connectivity index (χ1n) is 6.19. The lowest BCUT2D eigenvalue weighted by Crippen LogP contribution is -2.40. The molecule has 1 amide bonds. The van der Waals surface area contributed by atoms with Crippen LogP contribution in [-0.4, -0.2) is 38.8 Å². The van der Waals surface area contributed by atoms with E-state index in [1.807, 2.05) is 0 Å². The van der Waals surface area contributed by atoms with Crippen molar-refractivity contribution < 1.29 is 17.6 Å². The summed E-state index contributed by atoms with van der Waals surface area (Å²) in [6.45, 7) is 1.63. The maximum atomic E-state index is 13.4. The van der Waals surface area contributed by atoms with Crippen molar-refractivity contribution in [3.8, 4) is 0 Å². The van der Waals surface area contributed by atoms with Crippen LogP contribution in [0.25, 0.3) is 0 Å². The van der Waals surface area contributed by atoms with Gasteiger partial charge in [-0.25, -0.2) is 12.8 Å². The molecule has 3 N–H and O–H groups in total. The highest BCUT2D eigenvalue weighted by Crippen LogP contribution is 2.28.